The maximum absolute atomic E-state index is 12.2. The molecule has 1 aliphatic carbocycles. The van der Waals surface area contributed by atoms with Crippen molar-refractivity contribution >= 4 is 5.97 Å². The van der Waals surface area contributed by atoms with Crippen LogP contribution in [0.3, 0.4) is 0 Å². The van der Waals surface area contributed by atoms with Crippen LogP contribution in [0.25, 0.3) is 0 Å². The first-order chi connectivity index (χ1) is 9.96. The first-order valence-corrected chi connectivity index (χ1v) is 8.06. The van der Waals surface area contributed by atoms with Gasteiger partial charge in [-0.25, -0.2) is 0 Å². The molecule has 1 saturated carbocycles. The fraction of sp³-hybridized carbons (Fsp3) is 0.938. The lowest BCUT2D eigenvalue weighted by molar-refractivity contribution is -0.150. The van der Waals surface area contributed by atoms with Gasteiger partial charge in [0.1, 0.15) is 5.54 Å². The van der Waals surface area contributed by atoms with Crippen LogP contribution in [0.4, 0.5) is 0 Å². The molecule has 2 unspecified atom stereocenters. The highest BCUT2D eigenvalue weighted by molar-refractivity contribution is 5.81. The number of likely N-dealkylation sites (N-methyl/N-ethyl adjacent to an activating group) is 1. The minimum absolute atomic E-state index is 0.0877. The number of hydrogen-bond acceptors (Lipinski definition) is 5. The predicted molar refractivity (Wildman–Crippen MR) is 82.2 cm³/mol. The van der Waals surface area contributed by atoms with Gasteiger partial charge in [-0.05, 0) is 52.6 Å². The van der Waals surface area contributed by atoms with Crippen molar-refractivity contribution in [3.8, 4) is 0 Å². The zero-order valence-electron chi connectivity index (χ0n) is 13.9. The molecule has 1 aliphatic heterocycles. The molecule has 2 fully saturated rings. The molecule has 1 N–H and O–H groups in total. The lowest BCUT2D eigenvalue weighted by atomic mass is 9.84. The van der Waals surface area contributed by atoms with E-state index in [1.807, 2.05) is 7.05 Å². The lowest BCUT2D eigenvalue weighted by Gasteiger charge is -2.43. The van der Waals surface area contributed by atoms with Gasteiger partial charge in [0, 0.05) is 12.1 Å². The molecular formula is C16H30N2O3. The summed E-state index contributed by atoms with van der Waals surface area (Å²) in [5.41, 5.74) is -0.393. The standard InChI is InChI=1S/C16H30N2O3/c1-15(2)12-21-11-10-18(15)9-7-13-6-5-8-16(13,17-3)14(19)20-4/h13,17H,5-12H2,1-4H3. The molecule has 1 saturated heterocycles. The second kappa shape index (κ2) is 6.63. The van der Waals surface area contributed by atoms with Gasteiger partial charge in [0.05, 0.1) is 20.3 Å². The van der Waals surface area contributed by atoms with E-state index in [9.17, 15) is 4.79 Å². The van der Waals surface area contributed by atoms with E-state index >= 15 is 0 Å². The van der Waals surface area contributed by atoms with E-state index in [4.69, 9.17) is 9.47 Å². The highest BCUT2D eigenvalue weighted by Crippen LogP contribution is 2.39. The highest BCUT2D eigenvalue weighted by atomic mass is 16.5. The third-order valence-corrected chi connectivity index (χ3v) is 5.38. The minimum atomic E-state index is -0.481. The van der Waals surface area contributed by atoms with Crippen molar-refractivity contribution in [3.63, 3.8) is 0 Å². The summed E-state index contributed by atoms with van der Waals surface area (Å²) in [4.78, 5) is 14.7. The van der Waals surface area contributed by atoms with Crippen LogP contribution in [0, 0.1) is 5.92 Å². The molecule has 2 aliphatic rings. The van der Waals surface area contributed by atoms with Crippen molar-refractivity contribution in [2.45, 2.75) is 50.6 Å². The minimum Gasteiger partial charge on any atom is -0.468 e. The second-order valence-corrected chi connectivity index (χ2v) is 6.94. The average molecular weight is 298 g/mol. The van der Waals surface area contributed by atoms with E-state index in [1.165, 1.54) is 7.11 Å². The summed E-state index contributed by atoms with van der Waals surface area (Å²) in [5.74, 6) is 0.252. The smallest absolute Gasteiger partial charge is 0.326 e. The molecule has 0 aromatic rings. The fourth-order valence-electron chi connectivity index (χ4n) is 3.97. The third kappa shape index (κ3) is 3.25. The Morgan fingerprint density at radius 2 is 2.24 bits per heavy atom. The van der Waals surface area contributed by atoms with Crippen LogP contribution in [0.15, 0.2) is 0 Å². The van der Waals surface area contributed by atoms with Gasteiger partial charge in [-0.2, -0.15) is 0 Å². The summed E-state index contributed by atoms with van der Waals surface area (Å²) in [5, 5.41) is 3.27. The normalized spacial score (nSPS) is 33.0. The maximum atomic E-state index is 12.2. The van der Waals surface area contributed by atoms with Crippen molar-refractivity contribution in [3.05, 3.63) is 0 Å². The van der Waals surface area contributed by atoms with Gasteiger partial charge >= 0.3 is 5.97 Å². The van der Waals surface area contributed by atoms with Gasteiger partial charge < -0.3 is 14.8 Å². The van der Waals surface area contributed by atoms with Crippen LogP contribution in [0.2, 0.25) is 0 Å². The summed E-state index contributed by atoms with van der Waals surface area (Å²) >= 11 is 0. The summed E-state index contributed by atoms with van der Waals surface area (Å²) in [7, 11) is 3.37. The maximum Gasteiger partial charge on any atom is 0.326 e. The number of carbonyl (C=O) groups is 1. The molecule has 21 heavy (non-hydrogen) atoms. The molecule has 0 spiro atoms. The van der Waals surface area contributed by atoms with Crippen molar-refractivity contribution < 1.29 is 14.3 Å². The monoisotopic (exact) mass is 298 g/mol. The number of methoxy groups -OCH3 is 1. The van der Waals surface area contributed by atoms with Gasteiger partial charge in [0.2, 0.25) is 0 Å². The SMILES string of the molecule is CNC1(C(=O)OC)CCCC1CCN1CCOCC1(C)C. The molecule has 1 heterocycles. The van der Waals surface area contributed by atoms with Gasteiger partial charge in [0.25, 0.3) is 0 Å². The number of morpholine rings is 1. The lowest BCUT2D eigenvalue weighted by Crippen LogP contribution is -2.56. The van der Waals surface area contributed by atoms with Gasteiger partial charge in [-0.15, -0.1) is 0 Å². The Kier molecular flexibility index (Phi) is 5.28. The van der Waals surface area contributed by atoms with Crippen LogP contribution in [0.1, 0.15) is 39.5 Å². The molecule has 5 heteroatoms. The Labute approximate surface area is 128 Å². The first-order valence-electron chi connectivity index (χ1n) is 8.06. The Morgan fingerprint density at radius 3 is 2.86 bits per heavy atom. The summed E-state index contributed by atoms with van der Waals surface area (Å²) in [6.07, 6.45) is 4.10. The molecule has 2 atom stereocenters. The van der Waals surface area contributed by atoms with Crippen LogP contribution in [-0.4, -0.2) is 62.4 Å². The molecule has 0 aromatic carbocycles. The molecule has 122 valence electrons. The number of rotatable bonds is 5. The number of nitrogens with one attached hydrogen (secondary N) is 1. The van der Waals surface area contributed by atoms with Gasteiger partial charge in [-0.3, -0.25) is 9.69 Å². The molecule has 0 amide bonds. The van der Waals surface area contributed by atoms with Crippen molar-refractivity contribution in [1.82, 2.24) is 10.2 Å². The van der Waals surface area contributed by atoms with E-state index in [0.29, 0.717) is 5.92 Å². The Balaban J connectivity index is 1.99. The molecule has 0 aromatic heterocycles. The summed E-state index contributed by atoms with van der Waals surface area (Å²) in [6.45, 7) is 8.04. The van der Waals surface area contributed by atoms with E-state index < -0.39 is 5.54 Å². The quantitative estimate of drug-likeness (QED) is 0.778. The largest absolute Gasteiger partial charge is 0.468 e. The van der Waals surface area contributed by atoms with Crippen LogP contribution in [0.5, 0.6) is 0 Å². The highest BCUT2D eigenvalue weighted by Gasteiger charge is 2.48. The fourth-order valence-corrected chi connectivity index (χ4v) is 3.97. The van der Waals surface area contributed by atoms with Crippen LogP contribution in [-0.2, 0) is 14.3 Å². The summed E-state index contributed by atoms with van der Waals surface area (Å²) < 4.78 is 10.6. The number of hydrogen-bond donors (Lipinski definition) is 1. The molecule has 0 bridgehead atoms. The molecule has 2 rings (SSSR count). The number of carbonyl (C=O) groups excluding carboxylic acids is 1. The first kappa shape index (κ1) is 16.7. The average Bonchev–Trinajstić information content (AvgIpc) is 2.89. The summed E-state index contributed by atoms with van der Waals surface area (Å²) in [6, 6.07) is 0. The zero-order valence-corrected chi connectivity index (χ0v) is 13.9. The molecule has 5 nitrogen and oxygen atoms in total. The Hall–Kier alpha value is -0.650. The number of esters is 1. The van der Waals surface area contributed by atoms with Crippen molar-refractivity contribution in [2.24, 2.45) is 5.92 Å². The van der Waals surface area contributed by atoms with Crippen molar-refractivity contribution in [2.75, 3.05) is 40.5 Å². The molecule has 0 radical (unpaired) electrons. The molecular weight excluding hydrogens is 268 g/mol. The van der Waals surface area contributed by atoms with Crippen molar-refractivity contribution in [1.29, 1.82) is 0 Å². The Bertz CT molecular complexity index is 373. The van der Waals surface area contributed by atoms with Gasteiger partial charge in [-0.1, -0.05) is 6.42 Å². The zero-order chi connectivity index (χ0) is 15.5. The van der Waals surface area contributed by atoms with Crippen LogP contribution >= 0.6 is 0 Å². The second-order valence-electron chi connectivity index (χ2n) is 6.94. The van der Waals surface area contributed by atoms with E-state index in [-0.39, 0.29) is 11.5 Å². The topological polar surface area (TPSA) is 50.8 Å². The van der Waals surface area contributed by atoms with E-state index in [2.05, 4.69) is 24.1 Å². The van der Waals surface area contributed by atoms with Gasteiger partial charge in [0.15, 0.2) is 0 Å². The van der Waals surface area contributed by atoms with E-state index in [0.717, 1.165) is 52.0 Å². The van der Waals surface area contributed by atoms with Crippen LogP contribution < -0.4 is 5.32 Å². The predicted octanol–water partition coefficient (Wildman–Crippen LogP) is 1.42. The number of ether oxygens (including phenoxy) is 2. The number of nitrogens with zero attached hydrogens (tertiary/aromatic N) is 1. The third-order valence-electron chi connectivity index (χ3n) is 5.38. The van der Waals surface area contributed by atoms with E-state index in [1.54, 1.807) is 0 Å². The Morgan fingerprint density at radius 1 is 1.48 bits per heavy atom.